The predicted molar refractivity (Wildman–Crippen MR) is 98.5 cm³/mol. The van der Waals surface area contributed by atoms with Crippen LogP contribution in [0.3, 0.4) is 0 Å². The van der Waals surface area contributed by atoms with Crippen molar-refractivity contribution < 1.29 is 9.18 Å². The smallest absolute Gasteiger partial charge is 0.254 e. The molecule has 0 bridgehead atoms. The van der Waals surface area contributed by atoms with Crippen LogP contribution in [0.15, 0.2) is 30.0 Å². The van der Waals surface area contributed by atoms with Gasteiger partial charge in [0.25, 0.3) is 5.91 Å². The molecule has 0 spiro atoms. The van der Waals surface area contributed by atoms with Gasteiger partial charge in [0, 0.05) is 31.6 Å². The number of halogens is 2. The Hall–Kier alpha value is -1.59. The molecule has 24 heavy (non-hydrogen) atoms. The Balaban J connectivity index is 3.05. The van der Waals surface area contributed by atoms with Gasteiger partial charge in [-0.2, -0.15) is 0 Å². The third kappa shape index (κ3) is 6.13. The van der Waals surface area contributed by atoms with Gasteiger partial charge in [0.15, 0.2) is 0 Å². The predicted octanol–water partition coefficient (Wildman–Crippen LogP) is 4.10. The summed E-state index contributed by atoms with van der Waals surface area (Å²) in [6.07, 6.45) is 2.54. The maximum absolute atomic E-state index is 13.7. The molecule has 6 heteroatoms. The number of rotatable bonds is 8. The van der Waals surface area contributed by atoms with Gasteiger partial charge in [-0.1, -0.05) is 20.8 Å². The Morgan fingerprint density at radius 3 is 2.58 bits per heavy atom. The Morgan fingerprint density at radius 2 is 2.04 bits per heavy atom. The summed E-state index contributed by atoms with van der Waals surface area (Å²) < 4.78 is 13.7. The molecule has 1 atom stereocenters. The molecule has 1 unspecified atom stereocenters. The summed E-state index contributed by atoms with van der Waals surface area (Å²) in [6, 6.07) is 4.45. The van der Waals surface area contributed by atoms with E-state index >= 15 is 0 Å². The highest BCUT2D eigenvalue weighted by Crippen LogP contribution is 2.30. The van der Waals surface area contributed by atoms with E-state index in [2.05, 4.69) is 24.6 Å². The third-order valence-corrected chi connectivity index (χ3v) is 4.04. The van der Waals surface area contributed by atoms with Crippen LogP contribution in [0.2, 0.25) is 0 Å². The van der Waals surface area contributed by atoms with E-state index in [1.807, 2.05) is 6.92 Å². The van der Waals surface area contributed by atoms with Gasteiger partial charge in [-0.25, -0.2) is 9.82 Å². The van der Waals surface area contributed by atoms with Gasteiger partial charge < -0.3 is 10.3 Å². The van der Waals surface area contributed by atoms with Crippen molar-refractivity contribution in [1.29, 1.82) is 0 Å². The fraction of sp³-hybridized carbons (Fsp3) is 0.500. The molecule has 2 N–H and O–H groups in total. The van der Waals surface area contributed by atoms with Crippen molar-refractivity contribution in [3.8, 4) is 0 Å². The number of hydrogen-bond acceptors (Lipinski definition) is 3. The summed E-state index contributed by atoms with van der Waals surface area (Å²) in [5, 5.41) is 4.50. The van der Waals surface area contributed by atoms with E-state index < -0.39 is 0 Å². The number of alkyl halides is 1. The number of nitrogens with one attached hydrogen (secondary N) is 2. The summed E-state index contributed by atoms with van der Waals surface area (Å²) in [5.74, 6) is 0.0998. The Morgan fingerprint density at radius 1 is 1.38 bits per heavy atom. The highest BCUT2D eigenvalue weighted by atomic mass is 35.5. The molecule has 0 fully saturated rings. The van der Waals surface area contributed by atoms with Crippen LogP contribution in [0.1, 0.15) is 38.7 Å². The molecule has 0 aliphatic rings. The van der Waals surface area contributed by atoms with Crippen molar-refractivity contribution in [3.63, 3.8) is 0 Å². The molecule has 1 aromatic rings. The summed E-state index contributed by atoms with van der Waals surface area (Å²) in [5.41, 5.74) is 4.71. The Kier molecular flexibility index (Phi) is 8.22. The molecule has 0 saturated carbocycles. The first-order valence-corrected chi connectivity index (χ1v) is 8.59. The molecule has 4 nitrogen and oxygen atoms in total. The second-order valence-electron chi connectivity index (χ2n) is 6.34. The molecule has 0 aliphatic carbocycles. The lowest BCUT2D eigenvalue weighted by molar-refractivity contribution is -0.112. The first-order chi connectivity index (χ1) is 11.3. The normalized spacial score (nSPS) is 13.1. The highest BCUT2D eigenvalue weighted by Gasteiger charge is 2.17. The lowest BCUT2D eigenvalue weighted by Crippen LogP contribution is -2.28. The number of benzene rings is 1. The van der Waals surface area contributed by atoms with Crippen LogP contribution in [0.25, 0.3) is 0 Å². The molecule has 1 aromatic carbocycles. The Bertz CT molecular complexity index is 590. The largest absolute Gasteiger partial charge is 0.322 e. The highest BCUT2D eigenvalue weighted by molar-refractivity contribution is 6.23. The zero-order valence-corrected chi connectivity index (χ0v) is 15.7. The van der Waals surface area contributed by atoms with Gasteiger partial charge in [0.1, 0.15) is 5.82 Å². The van der Waals surface area contributed by atoms with Gasteiger partial charge in [-0.3, -0.25) is 4.79 Å². The number of hydrazine groups is 1. The van der Waals surface area contributed by atoms with Gasteiger partial charge in [-0.05, 0) is 42.0 Å². The summed E-state index contributed by atoms with van der Waals surface area (Å²) in [7, 11) is 3.51. The third-order valence-electron chi connectivity index (χ3n) is 3.76. The molecular formula is C18H27ClFN3O. The Labute approximate surface area is 149 Å². The molecular weight excluding hydrogens is 329 g/mol. The zero-order chi connectivity index (χ0) is 18.3. The van der Waals surface area contributed by atoms with Gasteiger partial charge in [0.2, 0.25) is 0 Å². The molecule has 134 valence electrons. The number of nitrogens with zero attached hydrogens (tertiary/aromatic N) is 1. The molecule has 0 heterocycles. The van der Waals surface area contributed by atoms with Crippen LogP contribution in [0, 0.1) is 11.7 Å². The van der Waals surface area contributed by atoms with E-state index in [1.54, 1.807) is 31.4 Å². The first kappa shape index (κ1) is 20.5. The average Bonchev–Trinajstić information content (AvgIpc) is 2.52. The van der Waals surface area contributed by atoms with E-state index in [1.165, 1.54) is 12.1 Å². The molecule has 1 amide bonds. The number of carbonyl (C=O) groups is 1. The molecule has 0 aromatic heterocycles. The van der Waals surface area contributed by atoms with Crippen LogP contribution in [0.5, 0.6) is 0 Å². The molecule has 0 aliphatic heterocycles. The fourth-order valence-corrected chi connectivity index (χ4v) is 2.73. The van der Waals surface area contributed by atoms with Crippen molar-refractivity contribution in [2.45, 2.75) is 33.1 Å². The first-order valence-electron chi connectivity index (χ1n) is 8.06. The van der Waals surface area contributed by atoms with Crippen LogP contribution in [-0.2, 0) is 4.79 Å². The van der Waals surface area contributed by atoms with Crippen LogP contribution in [-0.4, -0.2) is 30.9 Å². The lowest BCUT2D eigenvalue weighted by atomic mass is 9.90. The number of carbonyl (C=O) groups excluding carboxylic acids is 1. The molecule has 1 rings (SSSR count). The van der Waals surface area contributed by atoms with Crippen LogP contribution >= 0.6 is 11.6 Å². The zero-order valence-electron chi connectivity index (χ0n) is 15.0. The minimum absolute atomic E-state index is 0.0793. The maximum atomic E-state index is 13.7. The summed E-state index contributed by atoms with van der Waals surface area (Å²) in [4.78, 5) is 12.5. The van der Waals surface area contributed by atoms with Gasteiger partial charge in [0.05, 0.1) is 5.88 Å². The average molecular weight is 356 g/mol. The van der Waals surface area contributed by atoms with E-state index in [9.17, 15) is 9.18 Å². The number of hydrogen-bond donors (Lipinski definition) is 2. The van der Waals surface area contributed by atoms with E-state index in [0.29, 0.717) is 17.2 Å². The van der Waals surface area contributed by atoms with Crippen molar-refractivity contribution in [2.24, 2.45) is 5.92 Å². The van der Waals surface area contributed by atoms with Crippen LogP contribution < -0.4 is 10.7 Å². The number of anilines is 1. The molecule has 0 radical (unpaired) electrons. The van der Waals surface area contributed by atoms with Crippen LogP contribution in [0.4, 0.5) is 10.1 Å². The summed E-state index contributed by atoms with van der Waals surface area (Å²) >= 11 is 5.88. The fourth-order valence-electron chi connectivity index (χ4n) is 2.54. The monoisotopic (exact) mass is 355 g/mol. The molecule has 0 saturated heterocycles. The topological polar surface area (TPSA) is 44.4 Å². The minimum Gasteiger partial charge on any atom is -0.322 e. The van der Waals surface area contributed by atoms with Crippen molar-refractivity contribution in [1.82, 2.24) is 10.4 Å². The number of amides is 1. The second kappa shape index (κ2) is 9.64. The second-order valence-corrected chi connectivity index (χ2v) is 6.61. The van der Waals surface area contributed by atoms with E-state index in [-0.39, 0.29) is 23.5 Å². The van der Waals surface area contributed by atoms with Crippen molar-refractivity contribution in [3.05, 3.63) is 41.4 Å². The maximum Gasteiger partial charge on any atom is 0.254 e. The van der Waals surface area contributed by atoms with E-state index in [4.69, 9.17) is 11.6 Å². The SMILES string of the molecule is CNN(C)/C=C(\CCl)C(=O)Nc1ccc(F)cc1C(C)CC(C)C. The summed E-state index contributed by atoms with van der Waals surface area (Å²) in [6.45, 7) is 6.28. The lowest BCUT2D eigenvalue weighted by Gasteiger charge is -2.20. The van der Waals surface area contributed by atoms with Gasteiger partial charge in [-0.15, -0.1) is 11.6 Å². The van der Waals surface area contributed by atoms with Crippen molar-refractivity contribution >= 4 is 23.2 Å². The standard InChI is InChI=1S/C18H27ClFN3O/c1-12(2)8-13(3)16-9-15(20)6-7-17(16)22-18(24)14(10-19)11-23(5)21-4/h6-7,9,11-13,21H,8,10H2,1-5H3,(H,22,24)/b14-11+. The minimum atomic E-state index is -0.304. The van der Waals surface area contributed by atoms with Crippen molar-refractivity contribution in [2.75, 3.05) is 25.3 Å². The van der Waals surface area contributed by atoms with Gasteiger partial charge >= 0.3 is 0 Å². The van der Waals surface area contributed by atoms with E-state index in [0.717, 1.165) is 12.0 Å². The quantitative estimate of drug-likeness (QED) is 0.419.